The number of esters is 1. The van der Waals surface area contributed by atoms with Crippen molar-refractivity contribution in [1.29, 1.82) is 0 Å². The van der Waals surface area contributed by atoms with Crippen LogP contribution in [0.5, 0.6) is 0 Å². The van der Waals surface area contributed by atoms with Gasteiger partial charge in [-0.2, -0.15) is 0 Å². The zero-order chi connectivity index (χ0) is 8.97. The van der Waals surface area contributed by atoms with Crippen LogP contribution in [0, 0.1) is 0 Å². The number of carbonyl (C=O) groups excluding carboxylic acids is 1. The second-order valence-electron chi connectivity index (χ2n) is 2.34. The van der Waals surface area contributed by atoms with Gasteiger partial charge in [-0.1, -0.05) is 0 Å². The largest absolute Gasteiger partial charge is 0.462 e. The Morgan fingerprint density at radius 2 is 1.92 bits per heavy atom. The lowest BCUT2D eigenvalue weighted by Crippen LogP contribution is -2.04. The SMILES string of the molecule is CCOC(=O)c1ccc(N)cc1.[AlH3]. The fourth-order valence-corrected chi connectivity index (χ4v) is 0.834. The molecule has 0 saturated carbocycles. The number of nitrogen functional groups attached to an aromatic ring is 1. The van der Waals surface area contributed by atoms with Crippen molar-refractivity contribution in [1.82, 2.24) is 0 Å². The van der Waals surface area contributed by atoms with Gasteiger partial charge in [0.25, 0.3) is 0 Å². The van der Waals surface area contributed by atoms with Crippen molar-refractivity contribution in [3.05, 3.63) is 29.8 Å². The highest BCUT2D eigenvalue weighted by Crippen LogP contribution is 2.06. The molecule has 4 heteroatoms. The molecule has 0 aliphatic heterocycles. The Balaban J connectivity index is 0.00000144. The van der Waals surface area contributed by atoms with Crippen molar-refractivity contribution < 1.29 is 9.53 Å². The van der Waals surface area contributed by atoms with E-state index in [1.165, 1.54) is 0 Å². The highest BCUT2D eigenvalue weighted by Gasteiger charge is 2.03. The van der Waals surface area contributed by atoms with Crippen LogP contribution < -0.4 is 5.73 Å². The Morgan fingerprint density at radius 1 is 1.38 bits per heavy atom. The van der Waals surface area contributed by atoms with E-state index in [0.29, 0.717) is 17.9 Å². The van der Waals surface area contributed by atoms with E-state index in [4.69, 9.17) is 10.5 Å². The summed E-state index contributed by atoms with van der Waals surface area (Å²) < 4.78 is 4.79. The molecule has 3 nitrogen and oxygen atoms in total. The van der Waals surface area contributed by atoms with Gasteiger partial charge in [-0.15, -0.1) is 0 Å². The van der Waals surface area contributed by atoms with Crippen molar-refractivity contribution in [2.75, 3.05) is 12.3 Å². The number of benzene rings is 1. The van der Waals surface area contributed by atoms with Gasteiger partial charge < -0.3 is 10.5 Å². The molecule has 0 saturated heterocycles. The predicted octanol–water partition coefficient (Wildman–Crippen LogP) is 0.262. The molecule has 0 fully saturated rings. The lowest BCUT2D eigenvalue weighted by molar-refractivity contribution is 0.0526. The van der Waals surface area contributed by atoms with Crippen LogP contribution >= 0.6 is 0 Å². The van der Waals surface area contributed by atoms with Crippen LogP contribution in [-0.4, -0.2) is 29.9 Å². The molecular formula is C9H14AlNO2. The van der Waals surface area contributed by atoms with Crippen molar-refractivity contribution in [2.45, 2.75) is 6.92 Å². The monoisotopic (exact) mass is 195 g/mol. The lowest BCUT2D eigenvalue weighted by atomic mass is 10.2. The van der Waals surface area contributed by atoms with Gasteiger partial charge in [0.15, 0.2) is 17.4 Å². The summed E-state index contributed by atoms with van der Waals surface area (Å²) in [6.45, 7) is 2.17. The van der Waals surface area contributed by atoms with E-state index >= 15 is 0 Å². The molecule has 1 aromatic carbocycles. The van der Waals surface area contributed by atoms with Crippen molar-refractivity contribution in [3.63, 3.8) is 0 Å². The van der Waals surface area contributed by atoms with E-state index in [0.717, 1.165) is 0 Å². The molecule has 0 heterocycles. The fraction of sp³-hybridized carbons (Fsp3) is 0.222. The van der Waals surface area contributed by atoms with Crippen LogP contribution in [-0.2, 0) is 4.74 Å². The highest BCUT2D eigenvalue weighted by molar-refractivity contribution is 5.89. The standard InChI is InChI=1S/C9H11NO2.Al.3H/c1-2-12-9(11)7-3-5-8(10)6-4-7;;;;/h3-6H,2,10H2,1H3;;;;. The molecule has 1 aromatic rings. The van der Waals surface area contributed by atoms with E-state index < -0.39 is 0 Å². The first-order valence-electron chi connectivity index (χ1n) is 3.76. The van der Waals surface area contributed by atoms with Crippen LogP contribution in [0.2, 0.25) is 0 Å². The number of rotatable bonds is 2. The summed E-state index contributed by atoms with van der Waals surface area (Å²) in [4.78, 5) is 11.1. The third-order valence-corrected chi connectivity index (χ3v) is 1.42. The van der Waals surface area contributed by atoms with Crippen molar-refractivity contribution in [2.24, 2.45) is 0 Å². The Morgan fingerprint density at radius 3 is 2.38 bits per heavy atom. The van der Waals surface area contributed by atoms with E-state index in [-0.39, 0.29) is 23.3 Å². The van der Waals surface area contributed by atoms with Crippen LogP contribution in [0.15, 0.2) is 24.3 Å². The van der Waals surface area contributed by atoms with E-state index in [9.17, 15) is 4.79 Å². The molecule has 1 rings (SSSR count). The number of hydrogen-bond donors (Lipinski definition) is 1. The molecule has 0 aromatic heterocycles. The average molecular weight is 195 g/mol. The Hall–Kier alpha value is -0.978. The Kier molecular flexibility index (Phi) is 5.21. The summed E-state index contributed by atoms with van der Waals surface area (Å²) in [5, 5.41) is 0. The van der Waals surface area contributed by atoms with Crippen molar-refractivity contribution in [3.8, 4) is 0 Å². The van der Waals surface area contributed by atoms with Gasteiger partial charge >= 0.3 is 5.97 Å². The molecular weight excluding hydrogens is 181 g/mol. The van der Waals surface area contributed by atoms with Gasteiger partial charge in [-0.3, -0.25) is 0 Å². The van der Waals surface area contributed by atoms with Gasteiger partial charge in [-0.25, -0.2) is 4.79 Å². The van der Waals surface area contributed by atoms with Gasteiger partial charge in [0.05, 0.1) is 12.2 Å². The first-order valence-corrected chi connectivity index (χ1v) is 3.76. The summed E-state index contributed by atoms with van der Waals surface area (Å²) in [5.74, 6) is -0.308. The zero-order valence-electron chi connectivity index (χ0n) is 6.91. The normalized spacial score (nSPS) is 8.69. The minimum absolute atomic E-state index is 0. The summed E-state index contributed by atoms with van der Waals surface area (Å²) in [7, 11) is 0. The first-order chi connectivity index (χ1) is 5.74. The number of anilines is 1. The maximum Gasteiger partial charge on any atom is 0.338 e. The van der Waals surface area contributed by atoms with Gasteiger partial charge in [0, 0.05) is 5.69 Å². The van der Waals surface area contributed by atoms with Crippen LogP contribution in [0.4, 0.5) is 5.69 Å². The summed E-state index contributed by atoms with van der Waals surface area (Å²) in [6, 6.07) is 6.64. The van der Waals surface area contributed by atoms with Gasteiger partial charge in [0.1, 0.15) is 0 Å². The van der Waals surface area contributed by atoms with Crippen LogP contribution in [0.1, 0.15) is 17.3 Å². The molecule has 70 valence electrons. The molecule has 13 heavy (non-hydrogen) atoms. The third-order valence-electron chi connectivity index (χ3n) is 1.42. The second kappa shape index (κ2) is 5.63. The predicted molar refractivity (Wildman–Crippen MR) is 56.7 cm³/mol. The molecule has 0 spiro atoms. The molecule has 0 aliphatic carbocycles. The number of nitrogens with two attached hydrogens (primary N) is 1. The quantitative estimate of drug-likeness (QED) is 0.418. The molecule has 0 radical (unpaired) electrons. The van der Waals surface area contributed by atoms with Crippen LogP contribution in [0.3, 0.4) is 0 Å². The summed E-state index contributed by atoms with van der Waals surface area (Å²) in [6.07, 6.45) is 0. The fourth-order valence-electron chi connectivity index (χ4n) is 0.834. The molecule has 0 aliphatic rings. The van der Waals surface area contributed by atoms with Crippen LogP contribution in [0.25, 0.3) is 0 Å². The summed E-state index contributed by atoms with van der Waals surface area (Å²) >= 11 is 0. The molecule has 0 atom stereocenters. The molecule has 0 unspecified atom stereocenters. The highest BCUT2D eigenvalue weighted by atomic mass is 27.0. The van der Waals surface area contributed by atoms with E-state index in [2.05, 4.69) is 0 Å². The molecule has 0 bridgehead atoms. The number of ether oxygens (including phenoxy) is 1. The number of carbonyl (C=O) groups is 1. The minimum atomic E-state index is -0.308. The number of hydrogen-bond acceptors (Lipinski definition) is 3. The molecule has 2 N–H and O–H groups in total. The smallest absolute Gasteiger partial charge is 0.338 e. The van der Waals surface area contributed by atoms with Gasteiger partial charge in [-0.05, 0) is 31.2 Å². The minimum Gasteiger partial charge on any atom is -0.462 e. The lowest BCUT2D eigenvalue weighted by Gasteiger charge is -2.00. The van der Waals surface area contributed by atoms with Gasteiger partial charge in [0.2, 0.25) is 0 Å². The third kappa shape index (κ3) is 3.50. The maximum absolute atomic E-state index is 11.1. The second-order valence-corrected chi connectivity index (χ2v) is 2.34. The average Bonchev–Trinajstić information content (AvgIpc) is 2.06. The maximum atomic E-state index is 11.1. The van der Waals surface area contributed by atoms with E-state index in [1.807, 2.05) is 0 Å². The Labute approximate surface area is 88.0 Å². The zero-order valence-corrected chi connectivity index (χ0v) is 6.91. The summed E-state index contributed by atoms with van der Waals surface area (Å²) in [5.41, 5.74) is 6.62. The topological polar surface area (TPSA) is 52.3 Å². The Bertz CT molecular complexity index is 271. The first kappa shape index (κ1) is 12.0. The van der Waals surface area contributed by atoms with E-state index in [1.54, 1.807) is 31.2 Å². The molecule has 0 amide bonds. The van der Waals surface area contributed by atoms with Crippen molar-refractivity contribution >= 4 is 29.0 Å².